The van der Waals surface area contributed by atoms with E-state index in [0.29, 0.717) is 12.8 Å². The maximum atomic E-state index is 12.4. The van der Waals surface area contributed by atoms with E-state index in [9.17, 15) is 22.9 Å². The molecule has 0 aromatic carbocycles. The van der Waals surface area contributed by atoms with E-state index in [4.69, 9.17) is 0 Å². The number of unbranched alkanes of at least 4 members (excludes halogenated alkanes) is 13. The minimum Gasteiger partial charge on any atom is -0.387 e. The smallest absolute Gasteiger partial charge is 0.267 e. The van der Waals surface area contributed by atoms with Crippen LogP contribution in [0.15, 0.2) is 72.9 Å². The Morgan fingerprint density at radius 3 is 1.59 bits per heavy atom. The van der Waals surface area contributed by atoms with Crippen LogP contribution >= 0.6 is 0 Å². The molecule has 0 aliphatic carbocycles. The molecule has 3 N–H and O–H groups in total. The van der Waals surface area contributed by atoms with Crippen molar-refractivity contribution < 1.29 is 22.9 Å². The number of rotatable bonds is 31. The predicted octanol–water partition coefficient (Wildman–Crippen LogP) is 10.3. The maximum Gasteiger partial charge on any atom is 0.267 e. The fourth-order valence-corrected chi connectivity index (χ4v) is 5.56. The Hall–Kier alpha value is -2.22. The van der Waals surface area contributed by atoms with E-state index in [-0.39, 0.29) is 12.3 Å². The second-order valence-electron chi connectivity index (χ2n) is 12.1. The monoisotopic (exact) mass is 661 g/mol. The average molecular weight is 662 g/mol. The van der Waals surface area contributed by atoms with E-state index < -0.39 is 28.0 Å². The van der Waals surface area contributed by atoms with Gasteiger partial charge in [0, 0.05) is 6.42 Å². The topological polar surface area (TPSA) is 104 Å². The Morgan fingerprint density at radius 2 is 1.02 bits per heavy atom. The first-order valence-electron chi connectivity index (χ1n) is 18.1. The molecule has 0 saturated heterocycles. The molecule has 0 saturated carbocycles. The van der Waals surface area contributed by atoms with Crippen molar-refractivity contribution in [3.63, 3.8) is 0 Å². The quantitative estimate of drug-likeness (QED) is 0.0390. The summed E-state index contributed by atoms with van der Waals surface area (Å²) in [5, 5.41) is 13.1. The molecule has 7 heteroatoms. The zero-order valence-corrected chi connectivity index (χ0v) is 30.0. The zero-order chi connectivity index (χ0) is 34.0. The predicted molar refractivity (Wildman–Crippen MR) is 197 cm³/mol. The van der Waals surface area contributed by atoms with Gasteiger partial charge in [0.15, 0.2) is 0 Å². The van der Waals surface area contributed by atoms with Crippen LogP contribution in [0, 0.1) is 0 Å². The van der Waals surface area contributed by atoms with Crippen molar-refractivity contribution in [3.8, 4) is 0 Å². The summed E-state index contributed by atoms with van der Waals surface area (Å²) in [4.78, 5) is 12.4. The second-order valence-corrected chi connectivity index (χ2v) is 13.6. The first kappa shape index (κ1) is 43.8. The van der Waals surface area contributed by atoms with Gasteiger partial charge in [-0.3, -0.25) is 9.35 Å². The number of allylic oxidation sites excluding steroid dienone is 11. The number of hydrogen-bond donors (Lipinski definition) is 3. The van der Waals surface area contributed by atoms with Crippen molar-refractivity contribution in [2.45, 2.75) is 161 Å². The first-order valence-corrected chi connectivity index (χ1v) is 19.7. The third kappa shape index (κ3) is 33.2. The molecule has 46 heavy (non-hydrogen) atoms. The van der Waals surface area contributed by atoms with Gasteiger partial charge < -0.3 is 10.4 Å². The lowest BCUT2D eigenvalue weighted by molar-refractivity contribution is -0.122. The maximum absolute atomic E-state index is 12.4. The molecular formula is C39H67NO5S. The summed E-state index contributed by atoms with van der Waals surface area (Å²) in [6.07, 6.45) is 45.9. The van der Waals surface area contributed by atoms with E-state index in [2.05, 4.69) is 79.9 Å². The van der Waals surface area contributed by atoms with Crippen molar-refractivity contribution in [2.75, 3.05) is 5.75 Å². The van der Waals surface area contributed by atoms with Gasteiger partial charge in [-0.15, -0.1) is 0 Å². The van der Waals surface area contributed by atoms with Crippen LogP contribution in [0.25, 0.3) is 0 Å². The number of nitrogens with one attached hydrogen (secondary N) is 1. The van der Waals surface area contributed by atoms with Gasteiger partial charge in [0.1, 0.15) is 0 Å². The summed E-state index contributed by atoms with van der Waals surface area (Å²) >= 11 is 0. The molecule has 0 aromatic rings. The summed E-state index contributed by atoms with van der Waals surface area (Å²) in [5.41, 5.74) is 0. The molecule has 6 nitrogen and oxygen atoms in total. The van der Waals surface area contributed by atoms with Gasteiger partial charge in [0.05, 0.1) is 17.9 Å². The molecule has 0 radical (unpaired) electrons. The number of amides is 1. The van der Waals surface area contributed by atoms with Gasteiger partial charge in [-0.25, -0.2) is 0 Å². The third-order valence-electron chi connectivity index (χ3n) is 7.58. The summed E-state index contributed by atoms with van der Waals surface area (Å²) in [6.45, 7) is 4.42. The van der Waals surface area contributed by atoms with Crippen LogP contribution in [-0.4, -0.2) is 41.9 Å². The highest BCUT2D eigenvalue weighted by Gasteiger charge is 2.24. The SMILES string of the molecule is CCCC/C=C/CC/C=C/CC/C=C/C(O)C(CS(=O)(=O)O)NC(=O)CCCCCCCC/C=C\C/C=C\C/C=C\CCCCC. The third-order valence-corrected chi connectivity index (χ3v) is 8.36. The highest BCUT2D eigenvalue weighted by Crippen LogP contribution is 2.10. The van der Waals surface area contributed by atoms with Gasteiger partial charge in [0.25, 0.3) is 10.1 Å². The van der Waals surface area contributed by atoms with Crippen molar-refractivity contribution in [1.29, 1.82) is 0 Å². The Bertz CT molecular complexity index is 994. The molecule has 0 bridgehead atoms. The number of aliphatic hydroxyl groups is 1. The molecule has 0 aromatic heterocycles. The highest BCUT2D eigenvalue weighted by molar-refractivity contribution is 7.85. The van der Waals surface area contributed by atoms with Gasteiger partial charge in [-0.05, 0) is 77.0 Å². The van der Waals surface area contributed by atoms with Gasteiger partial charge >= 0.3 is 0 Å². The van der Waals surface area contributed by atoms with Crippen molar-refractivity contribution in [3.05, 3.63) is 72.9 Å². The number of carbonyl (C=O) groups is 1. The van der Waals surface area contributed by atoms with Crippen LogP contribution < -0.4 is 5.32 Å². The van der Waals surface area contributed by atoms with Crippen LogP contribution in [0.5, 0.6) is 0 Å². The largest absolute Gasteiger partial charge is 0.387 e. The first-order chi connectivity index (χ1) is 22.3. The molecule has 0 aliphatic rings. The van der Waals surface area contributed by atoms with E-state index in [1.807, 2.05) is 0 Å². The summed E-state index contributed by atoms with van der Waals surface area (Å²) < 4.78 is 32.3. The number of hydrogen-bond acceptors (Lipinski definition) is 4. The standard InChI is InChI=1S/C39H67NO5S/c1-3-5-7-9-11-13-15-17-18-19-20-21-22-23-25-27-29-31-33-35-39(42)40-37(36-46(43,44)45)38(41)34-32-30-28-26-24-16-14-12-10-8-6-4-2/h10-13,17-18,20-21,24,26,32,34,37-38,41H,3-9,14-16,19,22-23,25,27-31,33,35-36H2,1-2H3,(H,40,42)(H,43,44,45)/b12-10+,13-11-,18-17-,21-20-,26-24+,34-32+. The highest BCUT2D eigenvalue weighted by atomic mass is 32.2. The molecule has 0 aliphatic heterocycles. The zero-order valence-electron chi connectivity index (χ0n) is 29.2. The van der Waals surface area contributed by atoms with E-state index >= 15 is 0 Å². The lowest BCUT2D eigenvalue weighted by Gasteiger charge is -2.21. The van der Waals surface area contributed by atoms with Crippen LogP contribution in [0.1, 0.15) is 149 Å². The normalized spacial score (nSPS) is 14.3. The Labute approximate surface area is 283 Å². The van der Waals surface area contributed by atoms with E-state index in [1.165, 1.54) is 44.6 Å². The van der Waals surface area contributed by atoms with Crippen LogP contribution in [-0.2, 0) is 14.9 Å². The number of carbonyl (C=O) groups excluding carboxylic acids is 1. The van der Waals surface area contributed by atoms with E-state index in [0.717, 1.165) is 77.0 Å². The molecule has 2 unspecified atom stereocenters. The molecule has 2 atom stereocenters. The molecule has 0 spiro atoms. The molecular weight excluding hydrogens is 594 g/mol. The average Bonchev–Trinajstić information content (AvgIpc) is 3.01. The van der Waals surface area contributed by atoms with Crippen LogP contribution in [0.3, 0.4) is 0 Å². The number of aliphatic hydroxyl groups excluding tert-OH is 1. The molecule has 1 amide bonds. The molecule has 264 valence electrons. The summed E-state index contributed by atoms with van der Waals surface area (Å²) in [7, 11) is -4.36. The minimum atomic E-state index is -4.36. The van der Waals surface area contributed by atoms with Crippen molar-refractivity contribution in [2.24, 2.45) is 0 Å². The fraction of sp³-hybridized carbons (Fsp3) is 0.667. The molecule has 0 heterocycles. The Morgan fingerprint density at radius 1 is 0.587 bits per heavy atom. The second kappa shape index (κ2) is 32.7. The van der Waals surface area contributed by atoms with Crippen molar-refractivity contribution >= 4 is 16.0 Å². The van der Waals surface area contributed by atoms with Crippen molar-refractivity contribution in [1.82, 2.24) is 5.32 Å². The van der Waals surface area contributed by atoms with Gasteiger partial charge in [-0.1, -0.05) is 138 Å². The van der Waals surface area contributed by atoms with Gasteiger partial charge in [0.2, 0.25) is 5.91 Å². The molecule has 0 rings (SSSR count). The minimum absolute atomic E-state index is 0.266. The molecule has 0 fully saturated rings. The van der Waals surface area contributed by atoms with Crippen LogP contribution in [0.2, 0.25) is 0 Å². The van der Waals surface area contributed by atoms with Gasteiger partial charge in [-0.2, -0.15) is 8.42 Å². The Kier molecular flexibility index (Phi) is 31.1. The lowest BCUT2D eigenvalue weighted by Crippen LogP contribution is -2.46. The lowest BCUT2D eigenvalue weighted by atomic mass is 10.1. The fourth-order valence-electron chi connectivity index (χ4n) is 4.82. The van der Waals surface area contributed by atoms with E-state index in [1.54, 1.807) is 6.08 Å². The summed E-state index contributed by atoms with van der Waals surface area (Å²) in [6, 6.07) is -1.09. The van der Waals surface area contributed by atoms with Crippen LogP contribution in [0.4, 0.5) is 0 Å². The Balaban J connectivity index is 4.07. The summed E-state index contributed by atoms with van der Waals surface area (Å²) in [5.74, 6) is -1.04.